The standard InChI is InChI=1S/C11H12N2O2.C9H14N2O3/c1-2-13-10(14)9(12-11(13)15)8-6-4-3-5-7-8;1-4-9(5-2)6(12)10-8(14)11(3)7(9)13/h3-7,9H,2H2,1H3,(H,12,15);4-5H2,1-3H3,(H,10,12,14). The van der Waals surface area contributed by atoms with Crippen LogP contribution in [0.25, 0.3) is 0 Å². The smallest absolute Gasteiger partial charge is 0.322 e. The second-order valence-electron chi connectivity index (χ2n) is 6.79. The van der Waals surface area contributed by atoms with Gasteiger partial charge >= 0.3 is 12.1 Å². The van der Waals surface area contributed by atoms with Crippen molar-refractivity contribution < 1.29 is 24.0 Å². The highest BCUT2D eigenvalue weighted by Crippen LogP contribution is 2.31. The molecular formula is C20H26N4O5. The first kappa shape index (κ1) is 22.1. The van der Waals surface area contributed by atoms with Gasteiger partial charge in [-0.1, -0.05) is 44.2 Å². The highest BCUT2D eigenvalue weighted by atomic mass is 16.2. The number of carbonyl (C=O) groups is 5. The number of imide groups is 3. The van der Waals surface area contributed by atoms with E-state index in [9.17, 15) is 24.0 Å². The van der Waals surface area contributed by atoms with Crippen LogP contribution in [0.4, 0.5) is 9.59 Å². The lowest BCUT2D eigenvalue weighted by Gasteiger charge is -2.36. The van der Waals surface area contributed by atoms with Gasteiger partial charge in [0.15, 0.2) is 0 Å². The van der Waals surface area contributed by atoms with Crippen LogP contribution in [0.3, 0.4) is 0 Å². The molecule has 2 heterocycles. The molecular weight excluding hydrogens is 376 g/mol. The van der Waals surface area contributed by atoms with Crippen LogP contribution in [0, 0.1) is 5.41 Å². The predicted molar refractivity (Wildman–Crippen MR) is 104 cm³/mol. The molecule has 2 aliphatic rings. The average molecular weight is 402 g/mol. The number of benzene rings is 1. The quantitative estimate of drug-likeness (QED) is 0.588. The van der Waals surface area contributed by atoms with Crippen molar-refractivity contribution in [1.29, 1.82) is 0 Å². The number of hydrogen-bond acceptors (Lipinski definition) is 5. The van der Waals surface area contributed by atoms with Gasteiger partial charge in [0.25, 0.3) is 5.91 Å². The molecule has 2 N–H and O–H groups in total. The Morgan fingerprint density at radius 3 is 2.00 bits per heavy atom. The van der Waals surface area contributed by atoms with Gasteiger partial charge in [-0.15, -0.1) is 0 Å². The fourth-order valence-electron chi connectivity index (χ4n) is 3.37. The van der Waals surface area contributed by atoms with E-state index in [1.165, 1.54) is 11.9 Å². The minimum absolute atomic E-state index is 0.172. The minimum Gasteiger partial charge on any atom is -0.322 e. The molecule has 1 unspecified atom stereocenters. The maximum Gasteiger partial charge on any atom is 0.330 e. The van der Waals surface area contributed by atoms with Crippen molar-refractivity contribution in [1.82, 2.24) is 20.4 Å². The summed E-state index contributed by atoms with van der Waals surface area (Å²) in [6.45, 7) is 5.73. The lowest BCUT2D eigenvalue weighted by atomic mass is 9.79. The van der Waals surface area contributed by atoms with E-state index in [0.717, 1.165) is 10.5 Å². The number of nitrogens with zero attached hydrogens (tertiary/aromatic N) is 2. The third-order valence-electron chi connectivity index (χ3n) is 5.36. The molecule has 0 aliphatic carbocycles. The zero-order valence-electron chi connectivity index (χ0n) is 17.0. The summed E-state index contributed by atoms with van der Waals surface area (Å²) in [5.74, 6) is -1.06. The normalized spacial score (nSPS) is 20.8. The van der Waals surface area contributed by atoms with Crippen LogP contribution in [-0.4, -0.2) is 53.2 Å². The summed E-state index contributed by atoms with van der Waals surface area (Å²) >= 11 is 0. The molecule has 9 nitrogen and oxygen atoms in total. The van der Waals surface area contributed by atoms with E-state index in [1.807, 2.05) is 30.3 Å². The van der Waals surface area contributed by atoms with Gasteiger partial charge in [0.05, 0.1) is 0 Å². The molecule has 0 saturated carbocycles. The maximum atomic E-state index is 11.8. The van der Waals surface area contributed by atoms with Gasteiger partial charge in [0.1, 0.15) is 11.5 Å². The van der Waals surface area contributed by atoms with Crippen LogP contribution < -0.4 is 10.6 Å². The predicted octanol–water partition coefficient (Wildman–Crippen LogP) is 1.80. The fourth-order valence-corrected chi connectivity index (χ4v) is 3.37. The molecule has 0 spiro atoms. The number of rotatable bonds is 4. The molecule has 0 aromatic heterocycles. The fraction of sp³-hybridized carbons (Fsp3) is 0.450. The first-order valence-electron chi connectivity index (χ1n) is 9.53. The van der Waals surface area contributed by atoms with Gasteiger partial charge in [-0.25, -0.2) is 9.59 Å². The molecule has 2 aliphatic heterocycles. The second-order valence-corrected chi connectivity index (χ2v) is 6.79. The Balaban J connectivity index is 0.000000208. The van der Waals surface area contributed by atoms with E-state index in [4.69, 9.17) is 0 Å². The Morgan fingerprint density at radius 2 is 1.52 bits per heavy atom. The Labute approximate surface area is 169 Å². The zero-order chi connectivity index (χ0) is 21.8. The molecule has 0 radical (unpaired) electrons. The van der Waals surface area contributed by atoms with Gasteiger partial charge in [-0.3, -0.25) is 29.5 Å². The highest BCUT2D eigenvalue weighted by molar-refractivity contribution is 6.18. The average Bonchev–Trinajstić information content (AvgIpc) is 3.02. The highest BCUT2D eigenvalue weighted by Gasteiger charge is 2.50. The Hall–Kier alpha value is -3.23. The molecule has 29 heavy (non-hydrogen) atoms. The van der Waals surface area contributed by atoms with Gasteiger partial charge in [-0.05, 0) is 25.3 Å². The van der Waals surface area contributed by atoms with Gasteiger partial charge < -0.3 is 5.32 Å². The summed E-state index contributed by atoms with van der Waals surface area (Å²) in [4.78, 5) is 59.8. The van der Waals surface area contributed by atoms with E-state index in [2.05, 4.69) is 10.6 Å². The molecule has 9 heteroatoms. The number of nitrogens with one attached hydrogen (secondary N) is 2. The third-order valence-corrected chi connectivity index (χ3v) is 5.36. The largest absolute Gasteiger partial charge is 0.330 e. The number of hydrogen-bond donors (Lipinski definition) is 2. The molecule has 7 amide bonds. The molecule has 2 saturated heterocycles. The van der Waals surface area contributed by atoms with Gasteiger partial charge in [-0.2, -0.15) is 0 Å². The first-order valence-corrected chi connectivity index (χ1v) is 9.53. The van der Waals surface area contributed by atoms with Crippen molar-refractivity contribution in [2.45, 2.75) is 39.7 Å². The lowest BCUT2D eigenvalue weighted by molar-refractivity contribution is -0.151. The summed E-state index contributed by atoms with van der Waals surface area (Å²) in [6.07, 6.45) is 0.817. The summed E-state index contributed by atoms with van der Waals surface area (Å²) in [6, 6.07) is 7.78. The summed E-state index contributed by atoms with van der Waals surface area (Å²) in [5, 5.41) is 4.84. The van der Waals surface area contributed by atoms with Crippen LogP contribution in [0.1, 0.15) is 45.2 Å². The van der Waals surface area contributed by atoms with Crippen molar-refractivity contribution in [2.75, 3.05) is 13.6 Å². The van der Waals surface area contributed by atoms with Crippen LogP contribution in [0.15, 0.2) is 30.3 Å². The van der Waals surface area contributed by atoms with Crippen molar-refractivity contribution in [3.8, 4) is 0 Å². The lowest BCUT2D eigenvalue weighted by Crippen LogP contribution is -2.62. The van der Waals surface area contributed by atoms with Crippen LogP contribution in [-0.2, 0) is 14.4 Å². The number of barbiturate groups is 1. The topological polar surface area (TPSA) is 116 Å². The van der Waals surface area contributed by atoms with Crippen molar-refractivity contribution in [3.05, 3.63) is 35.9 Å². The van der Waals surface area contributed by atoms with E-state index in [0.29, 0.717) is 19.4 Å². The maximum absolute atomic E-state index is 11.8. The van der Waals surface area contributed by atoms with E-state index < -0.39 is 29.3 Å². The first-order chi connectivity index (χ1) is 13.7. The molecule has 1 aromatic carbocycles. The molecule has 2 fully saturated rings. The van der Waals surface area contributed by atoms with E-state index >= 15 is 0 Å². The van der Waals surface area contributed by atoms with Crippen molar-refractivity contribution >= 4 is 29.8 Å². The summed E-state index contributed by atoms with van der Waals surface area (Å²) in [7, 11) is 1.38. The van der Waals surface area contributed by atoms with Crippen molar-refractivity contribution in [2.24, 2.45) is 5.41 Å². The zero-order valence-corrected chi connectivity index (χ0v) is 17.0. The number of carbonyl (C=O) groups excluding carboxylic acids is 5. The Morgan fingerprint density at radius 1 is 0.931 bits per heavy atom. The van der Waals surface area contributed by atoms with Gasteiger partial charge in [0.2, 0.25) is 11.8 Å². The third kappa shape index (κ3) is 3.98. The number of amides is 7. The molecule has 0 bridgehead atoms. The number of urea groups is 2. The molecule has 1 atom stereocenters. The summed E-state index contributed by atoms with van der Waals surface area (Å²) in [5.41, 5.74) is -0.227. The molecule has 3 rings (SSSR count). The second kappa shape index (κ2) is 8.85. The molecule has 156 valence electrons. The number of likely N-dealkylation sites (N-methyl/N-ethyl adjacent to an activating group) is 1. The van der Waals surface area contributed by atoms with Gasteiger partial charge in [0, 0.05) is 13.6 Å². The minimum atomic E-state index is -1.05. The van der Waals surface area contributed by atoms with Crippen LogP contribution >= 0.6 is 0 Å². The molecule has 1 aromatic rings. The SMILES string of the molecule is CCC1(CC)C(=O)NC(=O)N(C)C1=O.CCN1C(=O)NC(c2ccccc2)C1=O. The van der Waals surface area contributed by atoms with Crippen LogP contribution in [0.5, 0.6) is 0 Å². The summed E-state index contributed by atoms with van der Waals surface area (Å²) < 4.78 is 0. The van der Waals surface area contributed by atoms with E-state index in [1.54, 1.807) is 20.8 Å². The van der Waals surface area contributed by atoms with Crippen molar-refractivity contribution in [3.63, 3.8) is 0 Å². The monoisotopic (exact) mass is 402 g/mol. The Bertz CT molecular complexity index is 819. The van der Waals surface area contributed by atoms with E-state index in [-0.39, 0.29) is 11.9 Å². The Kier molecular flexibility index (Phi) is 6.73. The van der Waals surface area contributed by atoms with Crippen LogP contribution in [0.2, 0.25) is 0 Å².